The summed E-state index contributed by atoms with van der Waals surface area (Å²) >= 11 is 0. The quantitative estimate of drug-likeness (QED) is 0.404. The minimum atomic E-state index is -0.999. The number of carbonyl (C=O) groups excluding carboxylic acids is 1. The number of carboxylic acids is 1. The number of allylic oxidation sites excluding steroid dienone is 1. The molecule has 10 nitrogen and oxygen atoms in total. The molecule has 1 aromatic heterocycles. The number of hydrazine groups is 1. The van der Waals surface area contributed by atoms with Crippen molar-refractivity contribution in [3.05, 3.63) is 59.2 Å². The molecule has 3 unspecified atom stereocenters. The molecule has 10 heteroatoms. The van der Waals surface area contributed by atoms with Crippen molar-refractivity contribution in [3.63, 3.8) is 0 Å². The molecule has 0 spiro atoms. The van der Waals surface area contributed by atoms with Gasteiger partial charge in [0.1, 0.15) is 5.56 Å². The lowest BCUT2D eigenvalue weighted by molar-refractivity contribution is 0.0695. The van der Waals surface area contributed by atoms with E-state index in [2.05, 4.69) is 17.2 Å². The number of amides is 2. The second kappa shape index (κ2) is 10.5. The van der Waals surface area contributed by atoms with Gasteiger partial charge in [0.15, 0.2) is 0 Å². The third kappa shape index (κ3) is 5.29. The van der Waals surface area contributed by atoms with Crippen LogP contribution in [0.2, 0.25) is 0 Å². The fourth-order valence-corrected chi connectivity index (χ4v) is 5.90. The standard InChI is InChI=1S/C27H37N7O3/c1-31(29)17-24(28)21-14-22(21)25-23(26(35)36)15-30-34(25)20-9-5-7-18(13-20)19-8-6-12-33(16-19)27(37)32-10-3-2-4-11-32/h5,7,9,13,15,17,19,21-22H,2-4,6,8,10-12,14,16,28-29H2,1H3,(H,35,36)/b24-17-. The zero-order valence-corrected chi connectivity index (χ0v) is 21.4. The van der Waals surface area contributed by atoms with Crippen molar-refractivity contribution in [1.29, 1.82) is 0 Å². The van der Waals surface area contributed by atoms with Crippen LogP contribution in [0.25, 0.3) is 5.69 Å². The van der Waals surface area contributed by atoms with E-state index in [0.29, 0.717) is 17.9 Å². The van der Waals surface area contributed by atoms with Gasteiger partial charge in [-0.3, -0.25) is 0 Å². The van der Waals surface area contributed by atoms with Crippen LogP contribution < -0.4 is 11.6 Å². The largest absolute Gasteiger partial charge is 0.478 e. The van der Waals surface area contributed by atoms with E-state index in [9.17, 15) is 14.7 Å². The van der Waals surface area contributed by atoms with Crippen LogP contribution in [0.4, 0.5) is 4.79 Å². The van der Waals surface area contributed by atoms with Gasteiger partial charge in [-0.15, -0.1) is 0 Å². The van der Waals surface area contributed by atoms with Crippen LogP contribution in [0.1, 0.15) is 72.0 Å². The first kappa shape index (κ1) is 25.1. The van der Waals surface area contributed by atoms with E-state index in [1.807, 2.05) is 21.9 Å². The first-order chi connectivity index (χ1) is 17.8. The highest BCUT2D eigenvalue weighted by molar-refractivity contribution is 5.89. The number of nitrogens with two attached hydrogens (primary N) is 2. The summed E-state index contributed by atoms with van der Waals surface area (Å²) in [7, 11) is 1.70. The summed E-state index contributed by atoms with van der Waals surface area (Å²) < 4.78 is 1.75. The summed E-state index contributed by atoms with van der Waals surface area (Å²) in [4.78, 5) is 29.2. The van der Waals surface area contributed by atoms with E-state index < -0.39 is 5.97 Å². The molecule has 2 amide bonds. The molecule has 5 rings (SSSR count). The van der Waals surface area contributed by atoms with Crippen molar-refractivity contribution >= 4 is 12.0 Å². The Morgan fingerprint density at radius 2 is 1.89 bits per heavy atom. The smallest absolute Gasteiger partial charge is 0.339 e. The average molecular weight is 508 g/mol. The third-order valence-corrected chi connectivity index (χ3v) is 7.86. The maximum Gasteiger partial charge on any atom is 0.339 e. The molecule has 0 radical (unpaired) electrons. The fraction of sp³-hybridized carbons (Fsp3) is 0.519. The van der Waals surface area contributed by atoms with Crippen LogP contribution >= 0.6 is 0 Å². The Balaban J connectivity index is 1.38. The molecule has 37 heavy (non-hydrogen) atoms. The molecule has 3 heterocycles. The number of nitrogens with zero attached hydrogens (tertiary/aromatic N) is 5. The van der Waals surface area contributed by atoms with E-state index in [1.54, 1.807) is 17.9 Å². The van der Waals surface area contributed by atoms with Crippen LogP contribution in [-0.2, 0) is 0 Å². The summed E-state index contributed by atoms with van der Waals surface area (Å²) in [5.41, 5.74) is 9.69. The summed E-state index contributed by atoms with van der Waals surface area (Å²) in [6.07, 6.45) is 9.20. The van der Waals surface area contributed by atoms with Crippen LogP contribution in [0, 0.1) is 5.92 Å². The number of urea groups is 1. The molecule has 1 aromatic carbocycles. The first-order valence-electron chi connectivity index (χ1n) is 13.2. The maximum absolute atomic E-state index is 13.1. The van der Waals surface area contributed by atoms with Gasteiger partial charge in [0, 0.05) is 62.9 Å². The fourth-order valence-electron chi connectivity index (χ4n) is 5.90. The number of rotatable bonds is 6. The highest BCUT2D eigenvalue weighted by Gasteiger charge is 2.45. The molecule has 0 bridgehead atoms. The molecule has 3 aliphatic rings. The number of carboxylic acid groups (broad SMARTS) is 1. The third-order valence-electron chi connectivity index (χ3n) is 7.86. The predicted octanol–water partition coefficient (Wildman–Crippen LogP) is 3.06. The lowest BCUT2D eigenvalue weighted by Gasteiger charge is -2.38. The number of piperidine rings is 2. The second-order valence-corrected chi connectivity index (χ2v) is 10.6. The topological polar surface area (TPSA) is 134 Å². The van der Waals surface area contributed by atoms with Crippen molar-refractivity contribution in [1.82, 2.24) is 24.6 Å². The number of aromatic carboxylic acids is 1. The van der Waals surface area contributed by atoms with Crippen molar-refractivity contribution in [2.45, 2.75) is 50.4 Å². The molecule has 2 saturated heterocycles. The van der Waals surface area contributed by atoms with Gasteiger partial charge in [-0.25, -0.2) is 20.1 Å². The van der Waals surface area contributed by atoms with E-state index in [0.717, 1.165) is 63.0 Å². The Bertz CT molecular complexity index is 1180. The minimum absolute atomic E-state index is 0.0236. The summed E-state index contributed by atoms with van der Waals surface area (Å²) in [6.45, 7) is 3.20. The Labute approximate surface area is 217 Å². The van der Waals surface area contributed by atoms with Crippen LogP contribution in [0.15, 0.2) is 42.4 Å². The van der Waals surface area contributed by atoms with E-state index in [-0.39, 0.29) is 29.3 Å². The van der Waals surface area contributed by atoms with Gasteiger partial charge in [0.25, 0.3) is 0 Å². The lowest BCUT2D eigenvalue weighted by Crippen LogP contribution is -2.48. The molecule has 1 saturated carbocycles. The average Bonchev–Trinajstić information content (AvgIpc) is 3.58. The molecular formula is C27H37N7O3. The van der Waals surface area contributed by atoms with Gasteiger partial charge in [0.05, 0.1) is 17.6 Å². The Hall–Kier alpha value is -3.53. The SMILES string of the molecule is CN(N)/C=C(\N)C1CC1c1c(C(=O)O)cnn1-c1cccc(C2CCCN(C(=O)N3CCCCC3)C2)c1. The predicted molar refractivity (Wildman–Crippen MR) is 140 cm³/mol. The molecular weight excluding hydrogens is 470 g/mol. The zero-order chi connectivity index (χ0) is 26.1. The molecule has 2 aromatic rings. The zero-order valence-electron chi connectivity index (χ0n) is 21.4. The van der Waals surface area contributed by atoms with Crippen LogP contribution in [0.5, 0.6) is 0 Å². The summed E-state index contributed by atoms with van der Waals surface area (Å²) in [5.74, 6) is 4.93. The van der Waals surface area contributed by atoms with Crippen molar-refractivity contribution < 1.29 is 14.7 Å². The second-order valence-electron chi connectivity index (χ2n) is 10.6. The highest BCUT2D eigenvalue weighted by atomic mass is 16.4. The Kier molecular flexibility index (Phi) is 7.10. The number of aromatic nitrogens is 2. The van der Waals surface area contributed by atoms with Gasteiger partial charge in [0.2, 0.25) is 0 Å². The van der Waals surface area contributed by atoms with Gasteiger partial charge >= 0.3 is 12.0 Å². The van der Waals surface area contributed by atoms with Gasteiger partial charge in [-0.1, -0.05) is 12.1 Å². The van der Waals surface area contributed by atoms with Crippen molar-refractivity contribution in [2.24, 2.45) is 17.5 Å². The van der Waals surface area contributed by atoms with Crippen molar-refractivity contribution in [3.8, 4) is 5.69 Å². The molecule has 2 aliphatic heterocycles. The first-order valence-corrected chi connectivity index (χ1v) is 13.2. The number of carbonyl (C=O) groups is 2. The van der Waals surface area contributed by atoms with Crippen LogP contribution in [0.3, 0.4) is 0 Å². The minimum Gasteiger partial charge on any atom is -0.478 e. The van der Waals surface area contributed by atoms with E-state index >= 15 is 0 Å². The maximum atomic E-state index is 13.1. The number of likely N-dealkylation sites (tertiary alicyclic amines) is 2. The Morgan fingerprint density at radius 1 is 1.14 bits per heavy atom. The van der Waals surface area contributed by atoms with Gasteiger partial charge in [-0.05, 0) is 56.2 Å². The Morgan fingerprint density at radius 3 is 2.62 bits per heavy atom. The van der Waals surface area contributed by atoms with Crippen LogP contribution in [-0.4, -0.2) is 74.9 Å². The van der Waals surface area contributed by atoms with Gasteiger partial charge in [-0.2, -0.15) is 5.10 Å². The molecule has 3 atom stereocenters. The lowest BCUT2D eigenvalue weighted by atomic mass is 9.90. The molecule has 1 aliphatic carbocycles. The van der Waals surface area contributed by atoms with E-state index in [1.165, 1.54) is 17.6 Å². The number of hydrogen-bond donors (Lipinski definition) is 3. The molecule has 198 valence electrons. The molecule has 3 fully saturated rings. The summed E-state index contributed by atoms with van der Waals surface area (Å²) in [5, 5.41) is 15.7. The monoisotopic (exact) mass is 507 g/mol. The van der Waals surface area contributed by atoms with Crippen molar-refractivity contribution in [2.75, 3.05) is 33.2 Å². The summed E-state index contributed by atoms with van der Waals surface area (Å²) in [6, 6.07) is 8.29. The number of benzene rings is 1. The normalized spacial score (nSPS) is 24.2. The highest BCUT2D eigenvalue weighted by Crippen LogP contribution is 2.51. The van der Waals surface area contributed by atoms with E-state index in [4.69, 9.17) is 11.6 Å². The molecule has 5 N–H and O–H groups in total. The van der Waals surface area contributed by atoms with Gasteiger partial charge < -0.3 is 25.6 Å². The number of hydrogen-bond acceptors (Lipinski definition) is 6.